The van der Waals surface area contributed by atoms with Crippen LogP contribution in [0.5, 0.6) is 0 Å². The minimum atomic E-state index is -0.0349. The van der Waals surface area contributed by atoms with Crippen molar-refractivity contribution in [1.29, 1.82) is 5.26 Å². The highest BCUT2D eigenvalue weighted by molar-refractivity contribution is 7.10. The summed E-state index contributed by atoms with van der Waals surface area (Å²) in [6, 6.07) is 8.00. The minimum Gasteiger partial charge on any atom is -0.372 e. The molecule has 1 heterocycles. The number of unbranched alkanes of at least 4 members (excludes halogenated alkanes) is 2. The molecule has 1 N–H and O–H groups in total. The third-order valence-electron chi connectivity index (χ3n) is 5.01. The first kappa shape index (κ1) is 24.5. The molecule has 31 heavy (non-hydrogen) atoms. The monoisotopic (exact) mass is 440 g/mol. The van der Waals surface area contributed by atoms with E-state index < -0.39 is 0 Å². The molecule has 0 saturated heterocycles. The average molecular weight is 441 g/mol. The van der Waals surface area contributed by atoms with E-state index in [0.29, 0.717) is 28.4 Å². The quantitative estimate of drug-likeness (QED) is 0.369. The van der Waals surface area contributed by atoms with Crippen molar-refractivity contribution in [3.63, 3.8) is 0 Å². The van der Waals surface area contributed by atoms with Gasteiger partial charge in [-0.15, -0.1) is 10.2 Å². The van der Waals surface area contributed by atoms with Gasteiger partial charge in [0, 0.05) is 25.2 Å². The summed E-state index contributed by atoms with van der Waals surface area (Å²) in [6.07, 6.45) is 5.06. The van der Waals surface area contributed by atoms with Gasteiger partial charge in [-0.25, -0.2) is 0 Å². The summed E-state index contributed by atoms with van der Waals surface area (Å²) in [5.74, 6) is -0.0349. The first-order valence-electron chi connectivity index (χ1n) is 11.1. The third kappa shape index (κ3) is 6.86. The number of aryl methyl sites for hydroxylation is 1. The lowest BCUT2D eigenvalue weighted by Crippen LogP contribution is -2.22. The number of nitrogens with one attached hydrogen (secondary N) is 1. The predicted octanol–water partition coefficient (Wildman–Crippen LogP) is 6.75. The lowest BCUT2D eigenvalue weighted by atomic mass is 10.1. The van der Waals surface area contributed by atoms with Gasteiger partial charge < -0.3 is 10.2 Å². The fourth-order valence-corrected chi connectivity index (χ4v) is 3.87. The molecule has 0 spiro atoms. The van der Waals surface area contributed by atoms with Gasteiger partial charge in [-0.1, -0.05) is 26.7 Å². The zero-order valence-corrected chi connectivity index (χ0v) is 19.8. The first-order chi connectivity index (χ1) is 15.1. The molecular weight excluding hydrogens is 408 g/mol. The summed E-state index contributed by atoms with van der Waals surface area (Å²) < 4.78 is 4.39. The molecular formula is C23H32N6OS. The third-order valence-corrected chi connectivity index (χ3v) is 5.78. The van der Waals surface area contributed by atoms with Crippen molar-refractivity contribution in [1.82, 2.24) is 4.37 Å². The van der Waals surface area contributed by atoms with Gasteiger partial charge in [0.15, 0.2) is 5.00 Å². The Morgan fingerprint density at radius 2 is 1.90 bits per heavy atom. The molecule has 0 saturated carbocycles. The van der Waals surface area contributed by atoms with Crippen molar-refractivity contribution in [2.45, 2.75) is 66.2 Å². The second-order valence-electron chi connectivity index (χ2n) is 7.25. The van der Waals surface area contributed by atoms with Crippen molar-refractivity contribution < 1.29 is 4.79 Å². The smallest absolute Gasteiger partial charge is 0.224 e. The van der Waals surface area contributed by atoms with Gasteiger partial charge in [0.2, 0.25) is 5.91 Å². The summed E-state index contributed by atoms with van der Waals surface area (Å²) in [6.45, 7) is 10.1. The van der Waals surface area contributed by atoms with Crippen molar-refractivity contribution in [3.05, 3.63) is 29.5 Å². The van der Waals surface area contributed by atoms with E-state index in [1.165, 1.54) is 11.5 Å². The Kier molecular flexibility index (Phi) is 10.1. The molecule has 0 bridgehead atoms. The number of carbonyl (C=O) groups excluding carboxylic acids is 1. The summed E-state index contributed by atoms with van der Waals surface area (Å²) in [5, 5.41) is 21.7. The lowest BCUT2D eigenvalue weighted by Gasteiger charge is -2.22. The van der Waals surface area contributed by atoms with Crippen molar-refractivity contribution in [2.24, 2.45) is 10.2 Å². The van der Waals surface area contributed by atoms with Crippen LogP contribution in [0.25, 0.3) is 0 Å². The van der Waals surface area contributed by atoms with E-state index in [4.69, 9.17) is 0 Å². The number of nitriles is 1. The lowest BCUT2D eigenvalue weighted by molar-refractivity contribution is -0.116. The van der Waals surface area contributed by atoms with Crippen LogP contribution in [0, 0.1) is 11.3 Å². The highest BCUT2D eigenvalue weighted by Gasteiger charge is 2.14. The SMILES string of the molecule is CCCCC(=O)Nc1cc(N(CC)CC)ccc1N=Nc1snc(CCCC)c1C#N. The van der Waals surface area contributed by atoms with Crippen LogP contribution in [0.2, 0.25) is 0 Å². The Balaban J connectivity index is 2.35. The van der Waals surface area contributed by atoms with Crippen LogP contribution in [-0.4, -0.2) is 23.4 Å². The van der Waals surface area contributed by atoms with Gasteiger partial charge in [0.25, 0.3) is 0 Å². The molecule has 8 heteroatoms. The van der Waals surface area contributed by atoms with Crippen LogP contribution in [-0.2, 0) is 11.2 Å². The van der Waals surface area contributed by atoms with E-state index in [9.17, 15) is 10.1 Å². The number of rotatable bonds is 12. The van der Waals surface area contributed by atoms with Gasteiger partial charge in [0.1, 0.15) is 17.3 Å². The molecule has 1 aromatic heterocycles. The number of aromatic nitrogens is 1. The minimum absolute atomic E-state index is 0.0349. The maximum Gasteiger partial charge on any atom is 0.224 e. The molecule has 0 aliphatic heterocycles. The van der Waals surface area contributed by atoms with E-state index >= 15 is 0 Å². The second kappa shape index (κ2) is 12.8. The largest absolute Gasteiger partial charge is 0.372 e. The molecule has 0 fully saturated rings. The zero-order valence-electron chi connectivity index (χ0n) is 18.9. The van der Waals surface area contributed by atoms with Gasteiger partial charge in [-0.2, -0.15) is 9.64 Å². The summed E-state index contributed by atoms with van der Waals surface area (Å²) in [7, 11) is 0. The molecule has 0 atom stereocenters. The molecule has 7 nitrogen and oxygen atoms in total. The number of benzene rings is 1. The molecule has 1 amide bonds. The maximum atomic E-state index is 12.4. The van der Waals surface area contributed by atoms with Crippen LogP contribution in [0.15, 0.2) is 28.4 Å². The van der Waals surface area contributed by atoms with Crippen molar-refractivity contribution in [3.8, 4) is 6.07 Å². The van der Waals surface area contributed by atoms with E-state index in [1.54, 1.807) is 0 Å². The van der Waals surface area contributed by atoms with E-state index in [-0.39, 0.29) is 5.91 Å². The molecule has 0 radical (unpaired) electrons. The molecule has 2 rings (SSSR count). The Labute approximate surface area is 189 Å². The zero-order chi connectivity index (χ0) is 22.6. The standard InChI is InChI=1S/C23H32N6OS/c1-5-9-11-19-18(16-24)23(31-28-19)27-26-20-14-13-17(29(7-3)8-4)15-21(20)25-22(30)12-10-6-2/h13-15H,5-12H2,1-4H3,(H,25,30). The molecule has 166 valence electrons. The number of amides is 1. The summed E-state index contributed by atoms with van der Waals surface area (Å²) >= 11 is 1.19. The second-order valence-corrected chi connectivity index (χ2v) is 8.00. The molecule has 0 unspecified atom stereocenters. The van der Waals surface area contributed by atoms with E-state index in [0.717, 1.165) is 56.6 Å². The van der Waals surface area contributed by atoms with Crippen molar-refractivity contribution >= 4 is 39.5 Å². The van der Waals surface area contributed by atoms with Crippen LogP contribution in [0.3, 0.4) is 0 Å². The average Bonchev–Trinajstić information content (AvgIpc) is 3.18. The fourth-order valence-electron chi connectivity index (χ4n) is 3.15. The summed E-state index contributed by atoms with van der Waals surface area (Å²) in [4.78, 5) is 14.6. The Bertz CT molecular complexity index is 927. The highest BCUT2D eigenvalue weighted by atomic mass is 32.1. The van der Waals surface area contributed by atoms with Crippen LogP contribution < -0.4 is 10.2 Å². The number of hydrogen-bond donors (Lipinski definition) is 1. The Hall–Kier alpha value is -2.79. The maximum absolute atomic E-state index is 12.4. The number of azo groups is 1. The molecule has 0 aliphatic carbocycles. The predicted molar refractivity (Wildman–Crippen MR) is 128 cm³/mol. The Morgan fingerprint density at radius 1 is 1.16 bits per heavy atom. The number of nitrogens with zero attached hydrogens (tertiary/aromatic N) is 5. The number of anilines is 2. The number of hydrogen-bond acceptors (Lipinski definition) is 7. The van der Waals surface area contributed by atoms with Crippen LogP contribution in [0.1, 0.15) is 71.1 Å². The topological polar surface area (TPSA) is 93.7 Å². The van der Waals surface area contributed by atoms with Gasteiger partial charge in [-0.3, -0.25) is 4.79 Å². The van der Waals surface area contributed by atoms with Crippen LogP contribution in [0.4, 0.5) is 22.1 Å². The van der Waals surface area contributed by atoms with Gasteiger partial charge >= 0.3 is 0 Å². The normalized spacial score (nSPS) is 10.9. The van der Waals surface area contributed by atoms with Crippen LogP contribution >= 0.6 is 11.5 Å². The fraction of sp³-hybridized carbons (Fsp3) is 0.522. The van der Waals surface area contributed by atoms with Gasteiger partial charge in [0.05, 0.1) is 11.4 Å². The Morgan fingerprint density at radius 3 is 2.55 bits per heavy atom. The van der Waals surface area contributed by atoms with E-state index in [1.807, 2.05) is 18.2 Å². The van der Waals surface area contributed by atoms with Crippen molar-refractivity contribution in [2.75, 3.05) is 23.3 Å². The molecule has 2 aromatic rings. The van der Waals surface area contributed by atoms with Gasteiger partial charge in [-0.05, 0) is 62.8 Å². The molecule has 0 aliphatic rings. The summed E-state index contributed by atoms with van der Waals surface area (Å²) in [5.41, 5.74) is 3.49. The highest BCUT2D eigenvalue weighted by Crippen LogP contribution is 2.34. The number of carbonyl (C=O) groups is 1. The molecule has 1 aromatic carbocycles. The van der Waals surface area contributed by atoms with E-state index in [2.05, 4.69) is 58.6 Å². The first-order valence-corrected chi connectivity index (χ1v) is 11.8.